The summed E-state index contributed by atoms with van der Waals surface area (Å²) in [6, 6.07) is 15.7. The third kappa shape index (κ3) is 7.34. The number of ether oxygens (including phenoxy) is 2. The van der Waals surface area contributed by atoms with Gasteiger partial charge in [0.25, 0.3) is 0 Å². The molecule has 10 nitrogen and oxygen atoms in total. The number of aromatic nitrogens is 3. The van der Waals surface area contributed by atoms with Crippen molar-refractivity contribution in [3.8, 4) is 28.6 Å². The molecular weight excluding hydrogens is 525 g/mol. The van der Waals surface area contributed by atoms with E-state index in [0.29, 0.717) is 40.9 Å². The van der Waals surface area contributed by atoms with Crippen LogP contribution in [0.1, 0.15) is 0 Å². The van der Waals surface area contributed by atoms with Crippen molar-refractivity contribution in [1.29, 1.82) is 0 Å². The van der Waals surface area contributed by atoms with Crippen molar-refractivity contribution in [3.63, 3.8) is 0 Å². The summed E-state index contributed by atoms with van der Waals surface area (Å²) in [6.45, 7) is 5.05. The van der Waals surface area contributed by atoms with Crippen molar-refractivity contribution < 1.29 is 18.7 Å². The lowest BCUT2D eigenvalue weighted by Crippen LogP contribution is -2.29. The summed E-state index contributed by atoms with van der Waals surface area (Å²) >= 11 is 0. The first-order chi connectivity index (χ1) is 19.8. The molecule has 0 saturated carbocycles. The average molecular weight is 558 g/mol. The van der Waals surface area contributed by atoms with Gasteiger partial charge >= 0.3 is 0 Å². The topological polar surface area (TPSA) is 105 Å². The van der Waals surface area contributed by atoms with Crippen LogP contribution in [0.25, 0.3) is 11.3 Å². The fraction of sp³-hybridized carbons (Fsp3) is 0.200. The number of para-hydroxylation sites is 1. The number of carbonyl (C=O) groups is 1. The van der Waals surface area contributed by atoms with Gasteiger partial charge in [-0.1, -0.05) is 24.8 Å². The SMILES string of the molecule is C=CC(=O)Nc1cc(Nc2ncc(F)c(-c3ccccc3Oc3ccccn3)n2)c(OC)cc1N(C)CCN(C)C. The summed E-state index contributed by atoms with van der Waals surface area (Å²) in [5, 5.41) is 5.96. The number of likely N-dealkylation sites (N-methyl/N-ethyl adjacent to an activating group) is 2. The van der Waals surface area contributed by atoms with Gasteiger partial charge in [-0.3, -0.25) is 4.79 Å². The van der Waals surface area contributed by atoms with E-state index in [9.17, 15) is 4.79 Å². The van der Waals surface area contributed by atoms with Crippen LogP contribution in [0, 0.1) is 5.82 Å². The number of nitrogens with zero attached hydrogens (tertiary/aromatic N) is 5. The Kier molecular flexibility index (Phi) is 9.43. The van der Waals surface area contributed by atoms with Crippen molar-refractivity contribution in [3.05, 3.63) is 85.5 Å². The number of hydrogen-bond donors (Lipinski definition) is 2. The van der Waals surface area contributed by atoms with Crippen LogP contribution in [-0.4, -0.2) is 67.1 Å². The van der Waals surface area contributed by atoms with E-state index in [2.05, 4.69) is 37.1 Å². The van der Waals surface area contributed by atoms with Crippen LogP contribution in [0.4, 0.5) is 27.4 Å². The maximum atomic E-state index is 15.1. The third-order valence-electron chi connectivity index (χ3n) is 6.04. The Balaban J connectivity index is 1.70. The molecule has 2 aromatic carbocycles. The predicted octanol–water partition coefficient (Wildman–Crippen LogP) is 5.34. The molecule has 2 aromatic heterocycles. The van der Waals surface area contributed by atoms with Gasteiger partial charge in [0.05, 0.1) is 30.4 Å². The van der Waals surface area contributed by atoms with Gasteiger partial charge in [0.1, 0.15) is 17.2 Å². The molecular formula is C30H32FN7O3. The summed E-state index contributed by atoms with van der Waals surface area (Å²) in [5.41, 5.74) is 2.19. The molecule has 11 heteroatoms. The van der Waals surface area contributed by atoms with Gasteiger partial charge in [-0.2, -0.15) is 0 Å². The Morgan fingerprint density at radius 3 is 2.51 bits per heavy atom. The standard InChI is InChI=1S/C30H32FN7O3/c1-6-27(39)34-22-17-23(26(40-5)18-24(22)38(4)16-15-37(2)3)35-30-33-19-21(31)29(36-30)20-11-7-8-12-25(20)41-28-13-9-10-14-32-28/h6-14,17-19H,1,15-16H2,2-5H3,(H,34,39)(H,33,35,36). The second-order valence-electron chi connectivity index (χ2n) is 9.27. The predicted molar refractivity (Wildman–Crippen MR) is 159 cm³/mol. The molecule has 4 rings (SSSR count). The molecule has 0 aliphatic rings. The molecule has 0 aliphatic carbocycles. The minimum Gasteiger partial charge on any atom is -0.494 e. The first-order valence-electron chi connectivity index (χ1n) is 12.8. The molecule has 212 valence electrons. The number of pyridine rings is 1. The number of benzene rings is 2. The zero-order valence-corrected chi connectivity index (χ0v) is 23.4. The highest BCUT2D eigenvalue weighted by atomic mass is 19.1. The molecule has 0 radical (unpaired) electrons. The van der Waals surface area contributed by atoms with E-state index in [0.717, 1.165) is 18.4 Å². The highest BCUT2D eigenvalue weighted by Crippen LogP contribution is 2.39. The lowest BCUT2D eigenvalue weighted by Gasteiger charge is -2.26. The number of hydrogen-bond acceptors (Lipinski definition) is 9. The average Bonchev–Trinajstić information content (AvgIpc) is 2.98. The molecule has 0 unspecified atom stereocenters. The largest absolute Gasteiger partial charge is 0.494 e. The Bertz CT molecular complexity index is 1520. The van der Waals surface area contributed by atoms with Crippen LogP contribution in [0.2, 0.25) is 0 Å². The maximum Gasteiger partial charge on any atom is 0.247 e. The van der Waals surface area contributed by atoms with Gasteiger partial charge in [-0.05, 0) is 44.4 Å². The number of carbonyl (C=O) groups excluding carboxylic acids is 1. The molecule has 0 spiro atoms. The van der Waals surface area contributed by atoms with Gasteiger partial charge in [0.2, 0.25) is 17.7 Å². The zero-order chi connectivity index (χ0) is 29.4. The third-order valence-corrected chi connectivity index (χ3v) is 6.04. The van der Waals surface area contributed by atoms with E-state index in [1.807, 2.05) is 26.0 Å². The molecule has 0 bridgehead atoms. The first kappa shape index (κ1) is 29.0. The summed E-state index contributed by atoms with van der Waals surface area (Å²) < 4.78 is 26.6. The molecule has 41 heavy (non-hydrogen) atoms. The molecule has 0 saturated heterocycles. The van der Waals surface area contributed by atoms with Crippen LogP contribution in [0.3, 0.4) is 0 Å². The molecule has 4 aromatic rings. The molecule has 0 aliphatic heterocycles. The Morgan fingerprint density at radius 2 is 1.80 bits per heavy atom. The fourth-order valence-corrected chi connectivity index (χ4v) is 3.91. The van der Waals surface area contributed by atoms with Crippen molar-refractivity contribution in [2.45, 2.75) is 0 Å². The number of amides is 1. The molecule has 0 atom stereocenters. The number of halogens is 1. The highest BCUT2D eigenvalue weighted by Gasteiger charge is 2.19. The smallest absolute Gasteiger partial charge is 0.247 e. The second kappa shape index (κ2) is 13.4. The summed E-state index contributed by atoms with van der Waals surface area (Å²) in [6.07, 6.45) is 3.88. The van der Waals surface area contributed by atoms with Gasteiger partial charge < -0.3 is 29.9 Å². The molecule has 2 heterocycles. The molecule has 2 N–H and O–H groups in total. The van der Waals surface area contributed by atoms with Gasteiger partial charge in [-0.15, -0.1) is 0 Å². The van der Waals surface area contributed by atoms with E-state index in [1.54, 1.807) is 60.8 Å². The lowest BCUT2D eigenvalue weighted by molar-refractivity contribution is -0.111. The van der Waals surface area contributed by atoms with E-state index < -0.39 is 5.82 Å². The monoisotopic (exact) mass is 557 g/mol. The normalized spacial score (nSPS) is 10.7. The van der Waals surface area contributed by atoms with Crippen molar-refractivity contribution in [2.75, 3.05) is 56.9 Å². The molecule has 0 fully saturated rings. The number of nitrogens with one attached hydrogen (secondary N) is 2. The number of anilines is 4. The summed E-state index contributed by atoms with van der Waals surface area (Å²) in [7, 11) is 7.44. The van der Waals surface area contributed by atoms with E-state index in [1.165, 1.54) is 13.2 Å². The quantitative estimate of drug-likeness (QED) is 0.223. The number of methoxy groups -OCH3 is 1. The number of rotatable bonds is 12. The van der Waals surface area contributed by atoms with E-state index >= 15 is 4.39 Å². The van der Waals surface area contributed by atoms with E-state index in [-0.39, 0.29) is 17.5 Å². The van der Waals surface area contributed by atoms with Crippen molar-refractivity contribution >= 4 is 28.9 Å². The summed E-state index contributed by atoms with van der Waals surface area (Å²) in [5.74, 6) is 0.336. The zero-order valence-electron chi connectivity index (χ0n) is 23.4. The highest BCUT2D eigenvalue weighted by molar-refractivity contribution is 6.02. The maximum absolute atomic E-state index is 15.1. The van der Waals surface area contributed by atoms with Crippen LogP contribution < -0.4 is 25.0 Å². The van der Waals surface area contributed by atoms with Crippen molar-refractivity contribution in [1.82, 2.24) is 19.9 Å². The Hall–Kier alpha value is -5.03. The van der Waals surface area contributed by atoms with Crippen LogP contribution in [0.15, 0.2) is 79.6 Å². The molecule has 1 amide bonds. The Labute approximate surface area is 238 Å². The first-order valence-corrected chi connectivity index (χ1v) is 12.8. The fourth-order valence-electron chi connectivity index (χ4n) is 3.91. The summed E-state index contributed by atoms with van der Waals surface area (Å²) in [4.78, 5) is 29.1. The van der Waals surface area contributed by atoms with Gasteiger partial charge in [0, 0.05) is 44.0 Å². The van der Waals surface area contributed by atoms with Gasteiger partial charge in [0.15, 0.2) is 5.82 Å². The minimum absolute atomic E-state index is 0.0354. The Morgan fingerprint density at radius 1 is 1.02 bits per heavy atom. The van der Waals surface area contributed by atoms with Crippen LogP contribution >= 0.6 is 0 Å². The van der Waals surface area contributed by atoms with Gasteiger partial charge in [-0.25, -0.2) is 19.3 Å². The van der Waals surface area contributed by atoms with E-state index in [4.69, 9.17) is 9.47 Å². The lowest BCUT2D eigenvalue weighted by atomic mass is 10.1. The van der Waals surface area contributed by atoms with Crippen molar-refractivity contribution in [2.24, 2.45) is 0 Å². The van der Waals surface area contributed by atoms with Crippen LogP contribution in [0.5, 0.6) is 17.4 Å². The minimum atomic E-state index is -0.628. The van der Waals surface area contributed by atoms with Crippen LogP contribution in [-0.2, 0) is 4.79 Å². The second-order valence-corrected chi connectivity index (χ2v) is 9.27.